The van der Waals surface area contributed by atoms with Gasteiger partial charge in [0.1, 0.15) is 11.6 Å². The fourth-order valence-corrected chi connectivity index (χ4v) is 5.43. The van der Waals surface area contributed by atoms with Gasteiger partial charge in [-0.1, -0.05) is 54.1 Å². The third-order valence-corrected chi connectivity index (χ3v) is 7.41. The molecule has 3 N–H and O–H groups in total. The summed E-state index contributed by atoms with van der Waals surface area (Å²) in [6.45, 7) is 0. The first-order valence-electron chi connectivity index (χ1n) is 11.5. The van der Waals surface area contributed by atoms with Gasteiger partial charge in [0.15, 0.2) is 0 Å². The van der Waals surface area contributed by atoms with Crippen LogP contribution in [0.2, 0.25) is 5.02 Å². The van der Waals surface area contributed by atoms with Gasteiger partial charge in [0.25, 0.3) is 5.56 Å². The zero-order valence-corrected chi connectivity index (χ0v) is 19.4. The molecule has 0 amide bonds. The molecule has 1 saturated carbocycles. The molecule has 1 heterocycles. The number of H-pyrrole nitrogens is 1. The summed E-state index contributed by atoms with van der Waals surface area (Å²) in [7, 11) is 0. The van der Waals surface area contributed by atoms with E-state index < -0.39 is 0 Å². The van der Waals surface area contributed by atoms with Gasteiger partial charge in [0.2, 0.25) is 0 Å². The summed E-state index contributed by atoms with van der Waals surface area (Å²) in [6, 6.07) is 21.9. The summed E-state index contributed by atoms with van der Waals surface area (Å²) in [5, 5.41) is 1.74. The number of hydrogen-bond acceptors (Lipinski definition) is 3. The van der Waals surface area contributed by atoms with Gasteiger partial charge < -0.3 is 15.5 Å². The number of ether oxygens (including phenoxy) is 1. The maximum absolute atomic E-state index is 13.7. The highest BCUT2D eigenvalue weighted by molar-refractivity contribution is 6.32. The first-order chi connectivity index (χ1) is 16.5. The number of rotatable bonds is 5. The van der Waals surface area contributed by atoms with Crippen molar-refractivity contribution < 1.29 is 9.13 Å². The van der Waals surface area contributed by atoms with Crippen LogP contribution in [0, 0.1) is 5.82 Å². The Morgan fingerprint density at radius 2 is 1.74 bits per heavy atom. The van der Waals surface area contributed by atoms with Crippen LogP contribution in [0.1, 0.15) is 42.9 Å². The number of aromatic amines is 1. The van der Waals surface area contributed by atoms with Crippen LogP contribution in [-0.4, -0.2) is 11.1 Å². The molecule has 1 atom stereocenters. The maximum Gasteiger partial charge on any atom is 0.255 e. The van der Waals surface area contributed by atoms with E-state index in [9.17, 15) is 9.18 Å². The second kappa shape index (κ2) is 9.24. The predicted octanol–water partition coefficient (Wildman–Crippen LogP) is 6.28. The van der Waals surface area contributed by atoms with Crippen molar-refractivity contribution in [2.24, 2.45) is 5.73 Å². The molecule has 0 radical (unpaired) electrons. The predicted molar refractivity (Wildman–Crippen MR) is 134 cm³/mol. The monoisotopic (exact) mass is 476 g/mol. The highest BCUT2D eigenvalue weighted by Crippen LogP contribution is 2.48. The van der Waals surface area contributed by atoms with Gasteiger partial charge in [0.05, 0.1) is 11.1 Å². The number of aromatic nitrogens is 1. The molecule has 34 heavy (non-hydrogen) atoms. The molecule has 4 aromatic rings. The zero-order chi connectivity index (χ0) is 23.7. The summed E-state index contributed by atoms with van der Waals surface area (Å²) in [6.07, 6.45) is 4.73. The molecular weight excluding hydrogens is 451 g/mol. The second-order valence-corrected chi connectivity index (χ2v) is 9.45. The fraction of sp³-hybridized carbons (Fsp3) is 0.250. The van der Waals surface area contributed by atoms with E-state index in [2.05, 4.69) is 17.1 Å². The van der Waals surface area contributed by atoms with Crippen LogP contribution in [0.4, 0.5) is 4.39 Å². The van der Waals surface area contributed by atoms with Crippen LogP contribution >= 0.6 is 11.6 Å². The van der Waals surface area contributed by atoms with Gasteiger partial charge in [0, 0.05) is 23.0 Å². The highest BCUT2D eigenvalue weighted by atomic mass is 35.5. The number of benzene rings is 3. The van der Waals surface area contributed by atoms with Crippen molar-refractivity contribution in [3.8, 4) is 5.75 Å². The van der Waals surface area contributed by atoms with Crippen molar-refractivity contribution >= 4 is 22.4 Å². The minimum absolute atomic E-state index is 0.0338. The van der Waals surface area contributed by atoms with Crippen molar-refractivity contribution in [2.75, 3.05) is 0 Å². The lowest BCUT2D eigenvalue weighted by Crippen LogP contribution is -2.44. The Labute approximate surface area is 202 Å². The zero-order valence-electron chi connectivity index (χ0n) is 18.6. The van der Waals surface area contributed by atoms with Gasteiger partial charge in [-0.3, -0.25) is 4.79 Å². The smallest absolute Gasteiger partial charge is 0.255 e. The molecule has 6 heteroatoms. The van der Waals surface area contributed by atoms with Crippen LogP contribution in [0.3, 0.4) is 0 Å². The summed E-state index contributed by atoms with van der Waals surface area (Å²) in [5.41, 5.74) is 8.49. The lowest BCUT2D eigenvalue weighted by Gasteiger charge is -2.45. The molecule has 3 aromatic carbocycles. The molecule has 1 aliphatic carbocycles. The fourth-order valence-electron chi connectivity index (χ4n) is 5.22. The van der Waals surface area contributed by atoms with Gasteiger partial charge in [-0.15, -0.1) is 0 Å². The minimum atomic E-state index is -0.324. The molecule has 1 fully saturated rings. The Hall–Kier alpha value is -3.15. The Balaban J connectivity index is 1.41. The van der Waals surface area contributed by atoms with Crippen LogP contribution in [0.5, 0.6) is 5.75 Å². The van der Waals surface area contributed by atoms with E-state index >= 15 is 0 Å². The number of hydrogen-bond donors (Lipinski definition) is 2. The number of pyridine rings is 1. The van der Waals surface area contributed by atoms with Crippen LogP contribution in [0.15, 0.2) is 83.8 Å². The standard InChI is InChI=1S/C28H26ClFN2O2/c29-24-17-23-19(12-15-32-27(23)33)16-25(24)34-22-10-13-28(14-11-22,20-6-8-21(30)9-7-20)26(31)18-4-2-1-3-5-18/h1-9,12,15-17,22,26H,10-11,13-14,31H2,(H,32,33)/t22-,26?,28-. The van der Waals surface area contributed by atoms with E-state index in [4.69, 9.17) is 22.1 Å². The Morgan fingerprint density at radius 1 is 1.03 bits per heavy atom. The second-order valence-electron chi connectivity index (χ2n) is 9.05. The van der Waals surface area contributed by atoms with Crippen LogP contribution in [-0.2, 0) is 5.41 Å². The molecule has 5 rings (SSSR count). The maximum atomic E-state index is 13.7. The molecule has 0 spiro atoms. The topological polar surface area (TPSA) is 68.1 Å². The van der Waals surface area contributed by atoms with Crippen molar-refractivity contribution in [3.63, 3.8) is 0 Å². The summed E-state index contributed by atoms with van der Waals surface area (Å²) in [4.78, 5) is 14.7. The summed E-state index contributed by atoms with van der Waals surface area (Å²) in [5.74, 6) is 0.320. The lowest BCUT2D eigenvalue weighted by atomic mass is 9.63. The van der Waals surface area contributed by atoms with Crippen LogP contribution in [0.25, 0.3) is 10.8 Å². The molecule has 0 saturated heterocycles. The van der Waals surface area contributed by atoms with Gasteiger partial charge >= 0.3 is 0 Å². The lowest BCUT2D eigenvalue weighted by molar-refractivity contribution is 0.104. The first kappa shape index (κ1) is 22.6. The first-order valence-corrected chi connectivity index (χ1v) is 11.9. The van der Waals surface area contributed by atoms with Crippen molar-refractivity contribution in [2.45, 2.75) is 43.2 Å². The Bertz CT molecular complexity index is 1350. The molecule has 0 bridgehead atoms. The molecule has 1 unspecified atom stereocenters. The van der Waals surface area contributed by atoms with E-state index in [0.717, 1.165) is 42.2 Å². The number of fused-ring (bicyclic) bond motifs is 1. The van der Waals surface area contributed by atoms with E-state index in [0.29, 0.717) is 16.2 Å². The highest BCUT2D eigenvalue weighted by Gasteiger charge is 2.43. The van der Waals surface area contributed by atoms with Crippen molar-refractivity contribution in [1.29, 1.82) is 0 Å². The van der Waals surface area contributed by atoms with Crippen molar-refractivity contribution in [3.05, 3.63) is 111 Å². The number of nitrogens with one attached hydrogen (secondary N) is 1. The third-order valence-electron chi connectivity index (χ3n) is 7.12. The van der Waals surface area contributed by atoms with Crippen molar-refractivity contribution in [1.82, 2.24) is 4.98 Å². The summed E-state index contributed by atoms with van der Waals surface area (Å²) >= 11 is 6.46. The third kappa shape index (κ3) is 4.22. The number of halogens is 2. The van der Waals surface area contributed by atoms with Gasteiger partial charge in [-0.25, -0.2) is 4.39 Å². The Kier molecular flexibility index (Phi) is 6.15. The SMILES string of the molecule is NC(c1ccccc1)[C@]1(c2ccc(F)cc2)CC[C@@H](Oc2cc3cc[nH]c(=O)c3cc2Cl)CC1. The quantitative estimate of drug-likeness (QED) is 0.356. The van der Waals surface area contributed by atoms with E-state index in [-0.39, 0.29) is 28.9 Å². The molecule has 1 aliphatic rings. The average Bonchev–Trinajstić information content (AvgIpc) is 2.86. The molecule has 4 nitrogen and oxygen atoms in total. The normalized spacial score (nSPS) is 21.3. The van der Waals surface area contributed by atoms with Gasteiger partial charge in [-0.2, -0.15) is 0 Å². The van der Waals surface area contributed by atoms with Crippen LogP contribution < -0.4 is 16.0 Å². The minimum Gasteiger partial charge on any atom is -0.489 e. The average molecular weight is 477 g/mol. The molecular formula is C28H26ClFN2O2. The van der Waals surface area contributed by atoms with Gasteiger partial charge in [-0.05, 0) is 72.5 Å². The Morgan fingerprint density at radius 3 is 2.44 bits per heavy atom. The molecule has 174 valence electrons. The number of nitrogens with two attached hydrogens (primary N) is 1. The van der Waals surface area contributed by atoms with E-state index in [1.807, 2.05) is 42.5 Å². The van der Waals surface area contributed by atoms with E-state index in [1.165, 1.54) is 12.1 Å². The van der Waals surface area contributed by atoms with E-state index in [1.54, 1.807) is 12.3 Å². The molecule has 1 aromatic heterocycles. The molecule has 0 aliphatic heterocycles. The largest absolute Gasteiger partial charge is 0.489 e. The summed E-state index contributed by atoms with van der Waals surface area (Å²) < 4.78 is 20.0.